The topological polar surface area (TPSA) is 38.9 Å². The average Bonchev–Trinajstić information content (AvgIpc) is 2.57. The summed E-state index contributed by atoms with van der Waals surface area (Å²) < 4.78 is 36.0. The molecule has 0 bridgehead atoms. The Balaban J connectivity index is 1.90. The highest BCUT2D eigenvalue weighted by atomic mass is 32.1. The van der Waals surface area contributed by atoms with E-state index in [4.69, 9.17) is 5.73 Å². The second-order valence-electron chi connectivity index (χ2n) is 4.45. The Hall–Kier alpha value is -0.620. The summed E-state index contributed by atoms with van der Waals surface area (Å²) in [4.78, 5) is 5.57. The van der Waals surface area contributed by atoms with Crippen molar-refractivity contribution in [1.82, 2.24) is 4.98 Å². The lowest BCUT2D eigenvalue weighted by molar-refractivity contribution is -0.135. The quantitative estimate of drug-likeness (QED) is 0.911. The number of rotatable bonds is 3. The third-order valence-corrected chi connectivity index (χ3v) is 4.05. The Bertz CT molecular complexity index is 387. The van der Waals surface area contributed by atoms with Gasteiger partial charge in [0.15, 0.2) is 0 Å². The normalized spacial score (nSPS) is 20.4. The smallest absolute Gasteiger partial charge is 0.327 e. The fourth-order valence-corrected chi connectivity index (χ4v) is 3.25. The first-order valence-electron chi connectivity index (χ1n) is 5.74. The molecule has 96 valence electrons. The number of halogens is 3. The van der Waals surface area contributed by atoms with Gasteiger partial charge in [-0.15, -0.1) is 11.3 Å². The van der Waals surface area contributed by atoms with Gasteiger partial charge in [-0.2, -0.15) is 13.2 Å². The summed E-state index contributed by atoms with van der Waals surface area (Å²) >= 11 is 1.53. The molecule has 1 aliphatic rings. The maximum atomic E-state index is 12.0. The standard InChI is InChI=1S/C11H15F3N2S/c12-11(13,14)5-1-2-10-16-8-4-3-7(15)6-9(8)17-10/h7H,1-6,15H2. The molecule has 0 aliphatic heterocycles. The van der Waals surface area contributed by atoms with Gasteiger partial charge in [0.05, 0.1) is 10.7 Å². The average molecular weight is 264 g/mol. The summed E-state index contributed by atoms with van der Waals surface area (Å²) in [5.41, 5.74) is 6.90. The van der Waals surface area contributed by atoms with Crippen LogP contribution in [0.5, 0.6) is 0 Å². The summed E-state index contributed by atoms with van der Waals surface area (Å²) in [6.07, 6.45) is -1.61. The van der Waals surface area contributed by atoms with Crippen molar-refractivity contribution in [3.63, 3.8) is 0 Å². The summed E-state index contributed by atoms with van der Waals surface area (Å²) in [7, 11) is 0. The maximum Gasteiger partial charge on any atom is 0.389 e. The first-order chi connectivity index (χ1) is 7.94. The van der Waals surface area contributed by atoms with Crippen LogP contribution in [0.4, 0.5) is 13.2 Å². The van der Waals surface area contributed by atoms with Crippen molar-refractivity contribution >= 4 is 11.3 Å². The number of alkyl halides is 3. The molecule has 0 radical (unpaired) electrons. The number of aryl methyl sites for hydroxylation is 2. The number of aromatic nitrogens is 1. The molecule has 2 rings (SSSR count). The first-order valence-corrected chi connectivity index (χ1v) is 6.55. The van der Waals surface area contributed by atoms with Crippen LogP contribution in [0.25, 0.3) is 0 Å². The van der Waals surface area contributed by atoms with E-state index in [0.29, 0.717) is 6.42 Å². The van der Waals surface area contributed by atoms with Crippen LogP contribution in [0.3, 0.4) is 0 Å². The van der Waals surface area contributed by atoms with E-state index < -0.39 is 12.6 Å². The SMILES string of the molecule is NC1CCc2nc(CCCC(F)(F)F)sc2C1. The molecule has 2 nitrogen and oxygen atoms in total. The van der Waals surface area contributed by atoms with Gasteiger partial charge in [-0.3, -0.25) is 0 Å². The fourth-order valence-electron chi connectivity index (χ4n) is 2.00. The van der Waals surface area contributed by atoms with E-state index in [0.717, 1.165) is 30.0 Å². The van der Waals surface area contributed by atoms with Crippen LogP contribution >= 0.6 is 11.3 Å². The van der Waals surface area contributed by atoms with E-state index in [1.165, 1.54) is 16.2 Å². The van der Waals surface area contributed by atoms with E-state index in [9.17, 15) is 13.2 Å². The molecular weight excluding hydrogens is 249 g/mol. The zero-order valence-electron chi connectivity index (χ0n) is 9.39. The molecule has 6 heteroatoms. The first kappa shape index (κ1) is 12.8. The van der Waals surface area contributed by atoms with Gasteiger partial charge in [-0.05, 0) is 32.1 Å². The van der Waals surface area contributed by atoms with Gasteiger partial charge in [-0.1, -0.05) is 0 Å². The van der Waals surface area contributed by atoms with Crippen LogP contribution in [0.2, 0.25) is 0 Å². The van der Waals surface area contributed by atoms with Crippen molar-refractivity contribution in [2.75, 3.05) is 0 Å². The minimum Gasteiger partial charge on any atom is -0.327 e. The molecule has 0 saturated carbocycles. The molecule has 1 aromatic heterocycles. The molecule has 1 heterocycles. The summed E-state index contributed by atoms with van der Waals surface area (Å²) in [6, 6.07) is 0.186. The summed E-state index contributed by atoms with van der Waals surface area (Å²) in [6.45, 7) is 0. The predicted molar refractivity (Wildman–Crippen MR) is 61.1 cm³/mol. The Kier molecular flexibility index (Phi) is 3.73. The molecule has 17 heavy (non-hydrogen) atoms. The minimum atomic E-state index is -4.06. The number of hydrogen-bond donors (Lipinski definition) is 1. The van der Waals surface area contributed by atoms with Crippen molar-refractivity contribution in [1.29, 1.82) is 0 Å². The third-order valence-electron chi connectivity index (χ3n) is 2.87. The van der Waals surface area contributed by atoms with E-state index in [-0.39, 0.29) is 12.5 Å². The van der Waals surface area contributed by atoms with Crippen LogP contribution in [-0.4, -0.2) is 17.2 Å². The monoisotopic (exact) mass is 264 g/mol. The Morgan fingerprint density at radius 3 is 2.88 bits per heavy atom. The van der Waals surface area contributed by atoms with Crippen molar-refractivity contribution in [3.05, 3.63) is 15.6 Å². The van der Waals surface area contributed by atoms with Gasteiger partial charge in [0.2, 0.25) is 0 Å². The molecule has 1 unspecified atom stereocenters. The second-order valence-corrected chi connectivity index (χ2v) is 5.62. The van der Waals surface area contributed by atoms with Crippen LogP contribution in [0, 0.1) is 0 Å². The van der Waals surface area contributed by atoms with Crippen LogP contribution in [0.15, 0.2) is 0 Å². The van der Waals surface area contributed by atoms with E-state index in [1.807, 2.05) is 0 Å². The molecule has 2 N–H and O–H groups in total. The Morgan fingerprint density at radius 2 is 2.18 bits per heavy atom. The predicted octanol–water partition coefficient (Wildman–Crippen LogP) is 2.84. The van der Waals surface area contributed by atoms with Gasteiger partial charge >= 0.3 is 6.18 Å². The van der Waals surface area contributed by atoms with Gasteiger partial charge in [0.25, 0.3) is 0 Å². The molecule has 0 aromatic carbocycles. The molecule has 1 aromatic rings. The Morgan fingerprint density at radius 1 is 1.41 bits per heavy atom. The van der Waals surface area contributed by atoms with E-state index in [1.54, 1.807) is 0 Å². The lowest BCUT2D eigenvalue weighted by atomic mass is 9.99. The van der Waals surface area contributed by atoms with Crippen molar-refractivity contribution < 1.29 is 13.2 Å². The van der Waals surface area contributed by atoms with Crippen LogP contribution < -0.4 is 5.73 Å². The molecule has 1 atom stereocenters. The van der Waals surface area contributed by atoms with Gasteiger partial charge in [-0.25, -0.2) is 4.98 Å². The van der Waals surface area contributed by atoms with Crippen LogP contribution in [0.1, 0.15) is 34.8 Å². The number of fused-ring (bicyclic) bond motifs is 1. The molecule has 0 saturated heterocycles. The highest BCUT2D eigenvalue weighted by Gasteiger charge is 2.26. The van der Waals surface area contributed by atoms with Gasteiger partial charge < -0.3 is 5.73 Å². The third kappa shape index (κ3) is 3.67. The van der Waals surface area contributed by atoms with Gasteiger partial charge in [0.1, 0.15) is 0 Å². The van der Waals surface area contributed by atoms with E-state index >= 15 is 0 Å². The maximum absolute atomic E-state index is 12.0. The van der Waals surface area contributed by atoms with Crippen LogP contribution in [-0.2, 0) is 19.3 Å². The van der Waals surface area contributed by atoms with Crippen molar-refractivity contribution in [2.24, 2.45) is 5.73 Å². The minimum absolute atomic E-state index is 0.127. The summed E-state index contributed by atoms with van der Waals surface area (Å²) in [5, 5.41) is 0.827. The second kappa shape index (κ2) is 4.94. The number of hydrogen-bond acceptors (Lipinski definition) is 3. The van der Waals surface area contributed by atoms with E-state index in [2.05, 4.69) is 4.98 Å². The Labute approximate surface area is 102 Å². The van der Waals surface area contributed by atoms with Crippen molar-refractivity contribution in [3.8, 4) is 0 Å². The molecule has 0 spiro atoms. The van der Waals surface area contributed by atoms with Crippen molar-refractivity contribution in [2.45, 2.75) is 50.7 Å². The zero-order valence-corrected chi connectivity index (χ0v) is 10.2. The molecule has 1 aliphatic carbocycles. The number of thiazole rings is 1. The molecule has 0 amide bonds. The number of nitrogens with zero attached hydrogens (tertiary/aromatic N) is 1. The fraction of sp³-hybridized carbons (Fsp3) is 0.727. The molecule has 0 fully saturated rings. The number of nitrogens with two attached hydrogens (primary N) is 1. The van der Waals surface area contributed by atoms with Gasteiger partial charge in [0, 0.05) is 17.3 Å². The lowest BCUT2D eigenvalue weighted by Crippen LogP contribution is -2.26. The lowest BCUT2D eigenvalue weighted by Gasteiger charge is -2.15. The summed E-state index contributed by atoms with van der Waals surface area (Å²) in [5.74, 6) is 0. The molecular formula is C11H15F3N2S. The largest absolute Gasteiger partial charge is 0.389 e. The highest BCUT2D eigenvalue weighted by Crippen LogP contribution is 2.28. The highest BCUT2D eigenvalue weighted by molar-refractivity contribution is 7.11. The zero-order chi connectivity index (χ0) is 12.5.